The second kappa shape index (κ2) is 8.46. The largest absolute Gasteiger partial charge is 0.480 e. The Balaban J connectivity index is 1.96. The van der Waals surface area contributed by atoms with E-state index in [0.717, 1.165) is 6.42 Å². The summed E-state index contributed by atoms with van der Waals surface area (Å²) in [6.07, 6.45) is 2.35. The summed E-state index contributed by atoms with van der Waals surface area (Å²) in [6.45, 7) is 2.87. The molecule has 25 heavy (non-hydrogen) atoms. The summed E-state index contributed by atoms with van der Waals surface area (Å²) >= 11 is 0. The Morgan fingerprint density at radius 3 is 2.40 bits per heavy atom. The molecule has 2 aliphatic heterocycles. The zero-order valence-corrected chi connectivity index (χ0v) is 15.7. The fraction of sp³-hybridized carbons (Fsp3) is 0.875. The molecule has 144 valence electrons. The first kappa shape index (κ1) is 20.1. The first-order valence-corrected chi connectivity index (χ1v) is 10.4. The number of unbranched alkanes of at least 4 members (excludes halogenated alkanes) is 1. The molecule has 1 amide bonds. The smallest absolute Gasteiger partial charge is 0.326 e. The van der Waals surface area contributed by atoms with Crippen LogP contribution in [0.2, 0.25) is 0 Å². The third-order valence-electron chi connectivity index (χ3n) is 5.12. The molecule has 2 heterocycles. The number of carboxylic acid groups (broad SMARTS) is 1. The van der Waals surface area contributed by atoms with Crippen molar-refractivity contribution in [1.82, 2.24) is 9.21 Å². The number of nitrogens with zero attached hydrogens (tertiary/aromatic N) is 2. The monoisotopic (exact) mass is 376 g/mol. The number of likely N-dealkylation sites (tertiary alicyclic amines) is 1. The van der Waals surface area contributed by atoms with Crippen LogP contribution in [-0.2, 0) is 24.3 Å². The molecule has 0 bridgehead atoms. The Hall–Kier alpha value is -1.19. The van der Waals surface area contributed by atoms with Crippen LogP contribution in [0, 0.1) is 5.92 Å². The molecule has 1 N–H and O–H groups in total. The van der Waals surface area contributed by atoms with Crippen molar-refractivity contribution in [1.29, 1.82) is 0 Å². The van der Waals surface area contributed by atoms with Gasteiger partial charge in [0.15, 0.2) is 0 Å². The van der Waals surface area contributed by atoms with Crippen molar-refractivity contribution in [2.75, 3.05) is 32.5 Å². The molecule has 2 atom stereocenters. The number of amides is 1. The Morgan fingerprint density at radius 2 is 1.88 bits per heavy atom. The molecule has 2 fully saturated rings. The molecular formula is C16H28N2O6S. The van der Waals surface area contributed by atoms with Crippen molar-refractivity contribution >= 4 is 21.9 Å². The number of methoxy groups -OCH3 is 1. The van der Waals surface area contributed by atoms with Crippen molar-refractivity contribution in [3.05, 3.63) is 0 Å². The number of rotatable bonds is 7. The van der Waals surface area contributed by atoms with Crippen molar-refractivity contribution < 1.29 is 27.9 Å². The van der Waals surface area contributed by atoms with Gasteiger partial charge >= 0.3 is 5.97 Å². The maximum atomic E-state index is 12.7. The van der Waals surface area contributed by atoms with Crippen LogP contribution in [0.4, 0.5) is 0 Å². The van der Waals surface area contributed by atoms with E-state index in [1.165, 1.54) is 16.3 Å². The normalized spacial score (nSPS) is 26.1. The Kier molecular flexibility index (Phi) is 6.81. The third kappa shape index (κ3) is 4.71. The van der Waals surface area contributed by atoms with Gasteiger partial charge in [0.05, 0.1) is 11.9 Å². The highest BCUT2D eigenvalue weighted by atomic mass is 32.2. The van der Waals surface area contributed by atoms with Gasteiger partial charge in [-0.25, -0.2) is 17.5 Å². The van der Waals surface area contributed by atoms with Crippen molar-refractivity contribution in [2.45, 2.75) is 51.2 Å². The van der Waals surface area contributed by atoms with E-state index in [0.29, 0.717) is 38.8 Å². The summed E-state index contributed by atoms with van der Waals surface area (Å²) in [5, 5.41) is 9.34. The summed E-state index contributed by atoms with van der Waals surface area (Å²) in [4.78, 5) is 25.5. The van der Waals surface area contributed by atoms with Gasteiger partial charge in [-0.2, -0.15) is 0 Å². The van der Waals surface area contributed by atoms with Gasteiger partial charge in [0.25, 0.3) is 0 Å². The second-order valence-electron chi connectivity index (χ2n) is 6.78. The lowest BCUT2D eigenvalue weighted by molar-refractivity contribution is -0.150. The number of carbonyl (C=O) groups is 2. The predicted octanol–water partition coefficient (Wildman–Crippen LogP) is 0.529. The van der Waals surface area contributed by atoms with Gasteiger partial charge < -0.3 is 14.7 Å². The molecule has 2 aliphatic rings. The lowest BCUT2D eigenvalue weighted by Crippen LogP contribution is -2.48. The Bertz CT molecular complexity index is 585. The minimum Gasteiger partial charge on any atom is -0.480 e. The first-order chi connectivity index (χ1) is 11.8. The number of piperidine rings is 1. The van der Waals surface area contributed by atoms with E-state index in [1.807, 2.05) is 6.92 Å². The molecule has 9 heteroatoms. The van der Waals surface area contributed by atoms with Crippen molar-refractivity contribution in [3.63, 3.8) is 0 Å². The molecule has 2 unspecified atom stereocenters. The molecule has 0 radical (unpaired) electrons. The van der Waals surface area contributed by atoms with Crippen LogP contribution in [0.1, 0.15) is 39.0 Å². The van der Waals surface area contributed by atoms with Gasteiger partial charge in [0.1, 0.15) is 6.04 Å². The zero-order valence-electron chi connectivity index (χ0n) is 14.9. The fourth-order valence-electron chi connectivity index (χ4n) is 3.52. The molecule has 0 aliphatic carbocycles. The maximum absolute atomic E-state index is 12.7. The summed E-state index contributed by atoms with van der Waals surface area (Å²) in [7, 11) is -1.75. The lowest BCUT2D eigenvalue weighted by Gasteiger charge is -2.33. The number of carboxylic acids is 1. The van der Waals surface area contributed by atoms with Gasteiger partial charge in [0, 0.05) is 39.1 Å². The quantitative estimate of drug-likeness (QED) is 0.695. The van der Waals surface area contributed by atoms with Gasteiger partial charge in [-0.05, 0) is 19.3 Å². The molecule has 2 saturated heterocycles. The predicted molar refractivity (Wildman–Crippen MR) is 91.5 cm³/mol. The maximum Gasteiger partial charge on any atom is 0.326 e. The minimum absolute atomic E-state index is 0.144. The van der Waals surface area contributed by atoms with Crippen LogP contribution in [0.3, 0.4) is 0 Å². The Morgan fingerprint density at radius 1 is 1.24 bits per heavy atom. The highest BCUT2D eigenvalue weighted by Gasteiger charge is 2.42. The lowest BCUT2D eigenvalue weighted by atomic mass is 9.96. The van der Waals surface area contributed by atoms with Crippen LogP contribution in [0.25, 0.3) is 0 Å². The second-order valence-corrected chi connectivity index (χ2v) is 8.87. The summed E-state index contributed by atoms with van der Waals surface area (Å²) < 4.78 is 31.1. The van der Waals surface area contributed by atoms with Crippen LogP contribution < -0.4 is 0 Å². The molecule has 0 aromatic rings. The standard InChI is InChI=1S/C16H28N2O6S/c1-3-4-9-25(22,23)17-7-5-12(6-8-17)15(19)18-11-13(24-2)10-14(18)16(20)21/h12-14H,3-11H2,1-2H3,(H,20,21). The van der Waals surface area contributed by atoms with Gasteiger partial charge in [-0.3, -0.25) is 4.79 Å². The SMILES string of the molecule is CCCCS(=O)(=O)N1CCC(C(=O)N2CC(OC)CC2C(=O)O)CC1. The first-order valence-electron chi connectivity index (χ1n) is 8.84. The Labute approximate surface area is 149 Å². The molecule has 0 aromatic carbocycles. The average Bonchev–Trinajstić information content (AvgIpc) is 3.04. The number of hydrogen-bond acceptors (Lipinski definition) is 5. The highest BCUT2D eigenvalue weighted by Crippen LogP contribution is 2.27. The number of aliphatic carboxylic acids is 1. The number of sulfonamides is 1. The molecule has 0 spiro atoms. The van der Waals surface area contributed by atoms with Crippen molar-refractivity contribution in [3.8, 4) is 0 Å². The average molecular weight is 376 g/mol. The fourth-order valence-corrected chi connectivity index (χ4v) is 5.20. The van der Waals surface area contributed by atoms with Crippen LogP contribution in [-0.4, -0.2) is 79.2 Å². The summed E-state index contributed by atoms with van der Waals surface area (Å²) in [5.74, 6) is -1.40. The van der Waals surface area contributed by atoms with E-state index < -0.39 is 22.0 Å². The molecule has 0 saturated carbocycles. The van der Waals surface area contributed by atoms with E-state index in [2.05, 4.69) is 0 Å². The van der Waals surface area contributed by atoms with Crippen molar-refractivity contribution in [2.24, 2.45) is 5.92 Å². The van der Waals surface area contributed by atoms with E-state index >= 15 is 0 Å². The van der Waals surface area contributed by atoms with Crippen LogP contribution in [0.15, 0.2) is 0 Å². The number of hydrogen-bond donors (Lipinski definition) is 1. The van der Waals surface area contributed by atoms with Gasteiger partial charge in [0.2, 0.25) is 15.9 Å². The third-order valence-corrected chi connectivity index (χ3v) is 7.07. The highest BCUT2D eigenvalue weighted by molar-refractivity contribution is 7.89. The van der Waals surface area contributed by atoms with E-state index in [1.54, 1.807) is 0 Å². The molecule has 2 rings (SSSR count). The van der Waals surface area contributed by atoms with Gasteiger partial charge in [-0.15, -0.1) is 0 Å². The minimum atomic E-state index is -3.26. The van der Waals surface area contributed by atoms with E-state index in [-0.39, 0.29) is 30.2 Å². The topological polar surface area (TPSA) is 104 Å². The molecule has 8 nitrogen and oxygen atoms in total. The molecular weight excluding hydrogens is 348 g/mol. The van der Waals surface area contributed by atoms with E-state index in [4.69, 9.17) is 4.74 Å². The summed E-state index contributed by atoms with van der Waals surface area (Å²) in [6, 6.07) is -0.858. The van der Waals surface area contributed by atoms with Crippen LogP contribution in [0.5, 0.6) is 0 Å². The van der Waals surface area contributed by atoms with E-state index in [9.17, 15) is 23.1 Å². The number of carbonyl (C=O) groups excluding carboxylic acids is 1. The van der Waals surface area contributed by atoms with Gasteiger partial charge in [-0.1, -0.05) is 13.3 Å². The zero-order chi connectivity index (χ0) is 18.6. The summed E-state index contributed by atoms with van der Waals surface area (Å²) in [5.41, 5.74) is 0. The van der Waals surface area contributed by atoms with Crippen LogP contribution >= 0.6 is 0 Å². The molecule has 0 aromatic heterocycles. The number of ether oxygens (including phenoxy) is 1.